The minimum absolute atomic E-state index is 0.0731. The molecule has 1 heterocycles. The van der Waals surface area contributed by atoms with Gasteiger partial charge in [0, 0.05) is 31.1 Å². The van der Waals surface area contributed by atoms with E-state index in [1.54, 1.807) is 0 Å². The summed E-state index contributed by atoms with van der Waals surface area (Å²) in [5, 5.41) is 13.8. The lowest BCUT2D eigenvalue weighted by Gasteiger charge is -2.27. The fourth-order valence-electron chi connectivity index (χ4n) is 1.70. The van der Waals surface area contributed by atoms with Crippen LogP contribution in [0.3, 0.4) is 0 Å². The first-order valence-corrected chi connectivity index (χ1v) is 5.82. The third kappa shape index (κ3) is 3.00. The van der Waals surface area contributed by atoms with Crippen molar-refractivity contribution in [2.75, 3.05) is 26.8 Å². The van der Waals surface area contributed by atoms with E-state index >= 15 is 0 Å². The lowest BCUT2D eigenvalue weighted by molar-refractivity contribution is -0.384. The predicted octanol–water partition coefficient (Wildman–Crippen LogP) is 0.980. The highest BCUT2D eigenvalue weighted by atomic mass is 16.6. The highest BCUT2D eigenvalue weighted by molar-refractivity contribution is 5.93. The van der Waals surface area contributed by atoms with E-state index in [2.05, 4.69) is 10.1 Å². The number of esters is 1. The minimum atomic E-state index is -0.648. The second-order valence-corrected chi connectivity index (χ2v) is 4.26. The molecule has 0 aliphatic carbocycles. The maximum atomic E-state index is 11.6. The van der Waals surface area contributed by atoms with Gasteiger partial charge < -0.3 is 14.8 Å². The molecule has 0 atom stereocenters. The van der Waals surface area contributed by atoms with Gasteiger partial charge in [-0.15, -0.1) is 0 Å². The van der Waals surface area contributed by atoms with Crippen LogP contribution in [0.25, 0.3) is 0 Å². The van der Waals surface area contributed by atoms with Crippen molar-refractivity contribution < 1.29 is 19.2 Å². The zero-order valence-corrected chi connectivity index (χ0v) is 10.4. The summed E-state index contributed by atoms with van der Waals surface area (Å²) >= 11 is 0. The molecule has 1 N–H and O–H groups in total. The molecule has 0 bridgehead atoms. The molecule has 0 spiro atoms. The molecule has 0 saturated carbocycles. The summed E-state index contributed by atoms with van der Waals surface area (Å²) in [6.45, 7) is 2.22. The van der Waals surface area contributed by atoms with Crippen LogP contribution in [0.2, 0.25) is 0 Å². The largest absolute Gasteiger partial charge is 0.492 e. The van der Waals surface area contributed by atoms with Gasteiger partial charge in [-0.3, -0.25) is 10.1 Å². The maximum Gasteiger partial charge on any atom is 0.341 e. The summed E-state index contributed by atoms with van der Waals surface area (Å²) in [6, 6.07) is 3.90. The molecule has 1 saturated heterocycles. The molecule has 0 radical (unpaired) electrons. The molecular formula is C12H14N2O5. The number of methoxy groups -OCH3 is 1. The van der Waals surface area contributed by atoms with Crippen LogP contribution in [0.5, 0.6) is 5.75 Å². The van der Waals surface area contributed by atoms with Gasteiger partial charge >= 0.3 is 5.97 Å². The number of hydrogen-bond donors (Lipinski definition) is 1. The number of nitro groups is 1. The van der Waals surface area contributed by atoms with Crippen molar-refractivity contribution in [2.24, 2.45) is 5.92 Å². The fraction of sp³-hybridized carbons (Fsp3) is 0.417. The molecule has 7 heteroatoms. The molecule has 1 aromatic rings. The van der Waals surface area contributed by atoms with Crippen molar-refractivity contribution in [2.45, 2.75) is 0 Å². The van der Waals surface area contributed by atoms with Crippen molar-refractivity contribution in [3.63, 3.8) is 0 Å². The van der Waals surface area contributed by atoms with E-state index < -0.39 is 10.9 Å². The number of nitrogens with zero attached hydrogens (tertiary/aromatic N) is 1. The predicted molar refractivity (Wildman–Crippen MR) is 66.3 cm³/mol. The van der Waals surface area contributed by atoms with Crippen LogP contribution in [0.4, 0.5) is 5.69 Å². The Labute approximate surface area is 109 Å². The monoisotopic (exact) mass is 266 g/mol. The van der Waals surface area contributed by atoms with Crippen molar-refractivity contribution >= 4 is 11.7 Å². The van der Waals surface area contributed by atoms with Crippen molar-refractivity contribution in [3.05, 3.63) is 33.9 Å². The zero-order valence-electron chi connectivity index (χ0n) is 10.4. The summed E-state index contributed by atoms with van der Waals surface area (Å²) in [5.74, 6) is 0.0653. The third-order valence-electron chi connectivity index (χ3n) is 2.92. The third-order valence-corrected chi connectivity index (χ3v) is 2.92. The summed E-state index contributed by atoms with van der Waals surface area (Å²) in [6.07, 6.45) is 0. The van der Waals surface area contributed by atoms with Gasteiger partial charge in [-0.05, 0) is 6.07 Å². The van der Waals surface area contributed by atoms with E-state index in [9.17, 15) is 14.9 Å². The van der Waals surface area contributed by atoms with E-state index in [0.717, 1.165) is 13.1 Å². The number of rotatable bonds is 5. The molecule has 0 aromatic heterocycles. The number of ether oxygens (including phenoxy) is 2. The van der Waals surface area contributed by atoms with Crippen LogP contribution in [-0.2, 0) is 4.74 Å². The van der Waals surface area contributed by atoms with E-state index in [1.807, 2.05) is 0 Å². The van der Waals surface area contributed by atoms with Gasteiger partial charge in [-0.1, -0.05) is 0 Å². The Morgan fingerprint density at radius 1 is 1.53 bits per heavy atom. The van der Waals surface area contributed by atoms with E-state index in [-0.39, 0.29) is 11.3 Å². The van der Waals surface area contributed by atoms with Gasteiger partial charge in [0.25, 0.3) is 5.69 Å². The number of non-ortho nitro benzene ring substituents is 1. The second-order valence-electron chi connectivity index (χ2n) is 4.26. The lowest BCUT2D eigenvalue weighted by atomic mass is 10.1. The van der Waals surface area contributed by atoms with E-state index in [1.165, 1.54) is 25.3 Å². The number of nitrogens with one attached hydrogen (secondary N) is 1. The van der Waals surface area contributed by atoms with Gasteiger partial charge in [0.05, 0.1) is 18.6 Å². The molecule has 1 aliphatic heterocycles. The summed E-state index contributed by atoms with van der Waals surface area (Å²) in [5.41, 5.74) is -0.0953. The number of carbonyl (C=O) groups excluding carboxylic acids is 1. The van der Waals surface area contributed by atoms with Gasteiger partial charge in [0.15, 0.2) is 0 Å². The van der Waals surface area contributed by atoms with Crippen LogP contribution < -0.4 is 10.1 Å². The second kappa shape index (κ2) is 5.66. The minimum Gasteiger partial charge on any atom is -0.492 e. The Bertz CT molecular complexity index is 499. The summed E-state index contributed by atoms with van der Waals surface area (Å²) in [7, 11) is 1.22. The smallest absolute Gasteiger partial charge is 0.341 e. The molecule has 1 fully saturated rings. The Balaban J connectivity index is 2.19. The first kappa shape index (κ1) is 13.3. The number of hydrogen-bond acceptors (Lipinski definition) is 6. The van der Waals surface area contributed by atoms with Crippen LogP contribution in [0.15, 0.2) is 18.2 Å². The standard InChI is InChI=1S/C12H14N2O5/c1-18-12(15)10-4-9(14(16)17)2-3-11(10)19-7-8-5-13-6-8/h2-4,8,13H,5-7H2,1H3. The molecule has 0 amide bonds. The van der Waals surface area contributed by atoms with Crippen LogP contribution in [0, 0.1) is 16.0 Å². The van der Waals surface area contributed by atoms with Gasteiger partial charge in [0.2, 0.25) is 0 Å². The highest BCUT2D eigenvalue weighted by Gasteiger charge is 2.21. The number of carbonyl (C=O) groups is 1. The SMILES string of the molecule is COC(=O)c1cc([N+](=O)[O-])ccc1OCC1CNC1. The summed E-state index contributed by atoms with van der Waals surface area (Å²) in [4.78, 5) is 21.7. The average molecular weight is 266 g/mol. The molecule has 19 heavy (non-hydrogen) atoms. The highest BCUT2D eigenvalue weighted by Crippen LogP contribution is 2.25. The molecule has 0 unspecified atom stereocenters. The van der Waals surface area contributed by atoms with Gasteiger partial charge in [-0.2, -0.15) is 0 Å². The fourth-order valence-corrected chi connectivity index (χ4v) is 1.70. The first-order chi connectivity index (χ1) is 9.11. The molecule has 7 nitrogen and oxygen atoms in total. The molecule has 2 rings (SSSR count). The Kier molecular flexibility index (Phi) is 3.96. The van der Waals surface area contributed by atoms with Gasteiger partial charge in [0.1, 0.15) is 11.3 Å². The Hall–Kier alpha value is -2.15. The molecule has 1 aromatic carbocycles. The Morgan fingerprint density at radius 2 is 2.26 bits per heavy atom. The average Bonchev–Trinajstić information content (AvgIpc) is 2.36. The number of nitro benzene ring substituents is 1. The van der Waals surface area contributed by atoms with Crippen molar-refractivity contribution in [1.29, 1.82) is 0 Å². The molecule has 102 valence electrons. The maximum absolute atomic E-state index is 11.6. The lowest BCUT2D eigenvalue weighted by Crippen LogP contribution is -2.45. The van der Waals surface area contributed by atoms with E-state index in [0.29, 0.717) is 18.3 Å². The van der Waals surface area contributed by atoms with Crippen molar-refractivity contribution in [3.8, 4) is 5.75 Å². The van der Waals surface area contributed by atoms with Crippen LogP contribution in [-0.4, -0.2) is 37.7 Å². The van der Waals surface area contributed by atoms with Gasteiger partial charge in [-0.25, -0.2) is 4.79 Å². The Morgan fingerprint density at radius 3 is 2.79 bits per heavy atom. The van der Waals surface area contributed by atoms with E-state index in [4.69, 9.17) is 4.74 Å². The molecular weight excluding hydrogens is 252 g/mol. The zero-order chi connectivity index (χ0) is 13.8. The van der Waals surface area contributed by atoms with Crippen molar-refractivity contribution in [1.82, 2.24) is 5.32 Å². The quantitative estimate of drug-likeness (QED) is 0.485. The molecule has 1 aliphatic rings. The first-order valence-electron chi connectivity index (χ1n) is 5.82. The van der Waals surface area contributed by atoms with Crippen LogP contribution >= 0.6 is 0 Å². The van der Waals surface area contributed by atoms with Crippen LogP contribution in [0.1, 0.15) is 10.4 Å². The topological polar surface area (TPSA) is 90.7 Å². The number of benzene rings is 1. The summed E-state index contributed by atoms with van der Waals surface area (Å²) < 4.78 is 10.1. The normalized spacial score (nSPS) is 14.6.